The van der Waals surface area contributed by atoms with Crippen LogP contribution in [0.1, 0.15) is 66.8 Å². The fourth-order valence-electron chi connectivity index (χ4n) is 4.91. The highest BCUT2D eigenvalue weighted by atomic mass is 32.2. The molecule has 1 aromatic carbocycles. The van der Waals surface area contributed by atoms with Gasteiger partial charge in [0.2, 0.25) is 0 Å². The third-order valence-corrected chi connectivity index (χ3v) is 7.53. The van der Waals surface area contributed by atoms with Crippen LogP contribution in [0, 0.1) is 0 Å². The van der Waals surface area contributed by atoms with Crippen molar-refractivity contribution < 1.29 is 14.7 Å². The number of carboxylic acid groups (broad SMARTS) is 1. The SMILES string of the molecule is O=Cc1ccc2c(c1)C1CCCC1N2C1=CC=CC(SCCCCCC(=O)O)C=C1. The van der Waals surface area contributed by atoms with Gasteiger partial charge in [0, 0.05) is 40.6 Å². The van der Waals surface area contributed by atoms with Gasteiger partial charge in [0.25, 0.3) is 0 Å². The quantitative estimate of drug-likeness (QED) is 0.407. The van der Waals surface area contributed by atoms with E-state index in [-0.39, 0.29) is 6.42 Å². The van der Waals surface area contributed by atoms with Crippen LogP contribution in [0.25, 0.3) is 0 Å². The van der Waals surface area contributed by atoms with Crippen molar-refractivity contribution in [3.05, 3.63) is 65.4 Å². The molecule has 0 amide bonds. The molecule has 3 unspecified atom stereocenters. The number of anilines is 1. The van der Waals surface area contributed by atoms with Gasteiger partial charge in [0.1, 0.15) is 6.29 Å². The van der Waals surface area contributed by atoms with E-state index in [1.54, 1.807) is 0 Å². The van der Waals surface area contributed by atoms with Gasteiger partial charge in [0.15, 0.2) is 0 Å². The summed E-state index contributed by atoms with van der Waals surface area (Å²) in [7, 11) is 0. The maximum atomic E-state index is 11.3. The third-order valence-electron chi connectivity index (χ3n) is 6.31. The molecule has 0 saturated heterocycles. The fourth-order valence-corrected chi connectivity index (χ4v) is 5.94. The van der Waals surface area contributed by atoms with E-state index in [0.717, 1.165) is 36.9 Å². The van der Waals surface area contributed by atoms with E-state index in [9.17, 15) is 9.59 Å². The van der Waals surface area contributed by atoms with Gasteiger partial charge in [-0.15, -0.1) is 0 Å². The molecule has 1 aromatic rings. The number of thioether (sulfide) groups is 1. The van der Waals surface area contributed by atoms with Gasteiger partial charge in [-0.2, -0.15) is 11.8 Å². The van der Waals surface area contributed by atoms with Crippen molar-refractivity contribution in [2.24, 2.45) is 0 Å². The molecule has 1 aliphatic heterocycles. The number of hydrogen-bond donors (Lipinski definition) is 1. The zero-order valence-corrected chi connectivity index (χ0v) is 18.0. The number of carbonyl (C=O) groups is 2. The van der Waals surface area contributed by atoms with Gasteiger partial charge in [-0.05, 0) is 67.4 Å². The first-order valence-corrected chi connectivity index (χ1v) is 12.0. The van der Waals surface area contributed by atoms with Crippen LogP contribution in [0.2, 0.25) is 0 Å². The second kappa shape index (κ2) is 9.69. The molecule has 0 bridgehead atoms. The van der Waals surface area contributed by atoms with Gasteiger partial charge in [0.05, 0.1) is 0 Å². The molecule has 30 heavy (non-hydrogen) atoms. The summed E-state index contributed by atoms with van der Waals surface area (Å²) in [4.78, 5) is 24.3. The van der Waals surface area contributed by atoms with Crippen LogP contribution in [0.4, 0.5) is 5.69 Å². The Kier molecular flexibility index (Phi) is 6.78. The summed E-state index contributed by atoms with van der Waals surface area (Å²) in [6.45, 7) is 0. The molecule has 4 rings (SSSR count). The lowest BCUT2D eigenvalue weighted by Gasteiger charge is -2.28. The monoisotopic (exact) mass is 423 g/mol. The minimum atomic E-state index is -0.703. The molecule has 4 nitrogen and oxygen atoms in total. The number of fused-ring (bicyclic) bond motifs is 3. The molecular formula is C25H29NO3S. The van der Waals surface area contributed by atoms with E-state index in [1.807, 2.05) is 17.8 Å². The van der Waals surface area contributed by atoms with Crippen molar-refractivity contribution in [3.63, 3.8) is 0 Å². The normalized spacial score (nSPS) is 24.3. The first-order valence-electron chi connectivity index (χ1n) is 11.0. The summed E-state index contributed by atoms with van der Waals surface area (Å²) >= 11 is 1.91. The van der Waals surface area contributed by atoms with Crippen LogP contribution < -0.4 is 4.90 Å². The summed E-state index contributed by atoms with van der Waals surface area (Å²) in [6.07, 6.45) is 18.8. The number of aldehydes is 1. The lowest BCUT2D eigenvalue weighted by atomic mass is 9.96. The van der Waals surface area contributed by atoms with Gasteiger partial charge in [-0.25, -0.2) is 0 Å². The summed E-state index contributed by atoms with van der Waals surface area (Å²) in [5.74, 6) is 0.865. The molecule has 158 valence electrons. The van der Waals surface area contributed by atoms with E-state index in [1.165, 1.54) is 36.2 Å². The molecule has 5 heteroatoms. The molecule has 0 radical (unpaired) electrons. The van der Waals surface area contributed by atoms with Crippen molar-refractivity contribution in [1.82, 2.24) is 0 Å². The van der Waals surface area contributed by atoms with E-state index in [4.69, 9.17) is 5.11 Å². The minimum absolute atomic E-state index is 0.273. The smallest absolute Gasteiger partial charge is 0.303 e. The summed E-state index contributed by atoms with van der Waals surface area (Å²) < 4.78 is 0. The summed E-state index contributed by atoms with van der Waals surface area (Å²) in [5, 5.41) is 9.06. The highest BCUT2D eigenvalue weighted by Crippen LogP contribution is 2.51. The third kappa shape index (κ3) is 4.56. The van der Waals surface area contributed by atoms with Crippen LogP contribution in [-0.4, -0.2) is 34.4 Å². The number of nitrogens with zero attached hydrogens (tertiary/aromatic N) is 1. The highest BCUT2D eigenvalue weighted by Gasteiger charge is 2.42. The van der Waals surface area contributed by atoms with Gasteiger partial charge in [-0.3, -0.25) is 9.59 Å². The average molecular weight is 424 g/mol. The molecule has 0 spiro atoms. The number of benzene rings is 1. The maximum absolute atomic E-state index is 11.3. The minimum Gasteiger partial charge on any atom is -0.481 e. The standard InChI is InChI=1S/C25H29NO3S/c27-17-18-11-14-24-22(16-18)21-8-5-9-23(21)26(24)19-6-4-7-20(13-12-19)30-15-3-1-2-10-25(28)29/h4,6-7,11-14,16-17,20-21,23H,1-3,5,8-10,15H2,(H,28,29). The average Bonchev–Trinajstić information content (AvgIpc) is 3.24. The molecule has 2 aliphatic carbocycles. The Bertz CT molecular complexity index is 888. The number of carbonyl (C=O) groups excluding carboxylic acids is 1. The Hall–Kier alpha value is -2.27. The number of unbranched alkanes of at least 4 members (excludes halogenated alkanes) is 2. The van der Waals surface area contributed by atoms with Crippen LogP contribution in [0.5, 0.6) is 0 Å². The van der Waals surface area contributed by atoms with Crippen molar-refractivity contribution >= 4 is 29.7 Å². The topological polar surface area (TPSA) is 57.6 Å². The lowest BCUT2D eigenvalue weighted by Crippen LogP contribution is -2.30. The predicted octanol–water partition coefficient (Wildman–Crippen LogP) is 5.71. The molecule has 3 atom stereocenters. The summed E-state index contributed by atoms with van der Waals surface area (Å²) in [6, 6.07) is 6.62. The molecule has 0 aromatic heterocycles. The van der Waals surface area contributed by atoms with Gasteiger partial charge < -0.3 is 10.0 Å². The van der Waals surface area contributed by atoms with Crippen molar-refractivity contribution in [1.29, 1.82) is 0 Å². The second-order valence-corrected chi connectivity index (χ2v) is 9.57. The van der Waals surface area contributed by atoms with E-state index >= 15 is 0 Å². The molecule has 1 heterocycles. The molecule has 1 fully saturated rings. The highest BCUT2D eigenvalue weighted by molar-refractivity contribution is 8.00. The van der Waals surface area contributed by atoms with E-state index < -0.39 is 5.97 Å². The Morgan fingerprint density at radius 2 is 2.10 bits per heavy atom. The zero-order chi connectivity index (χ0) is 20.9. The van der Waals surface area contributed by atoms with Crippen LogP contribution in [0.15, 0.2) is 54.3 Å². The van der Waals surface area contributed by atoms with Crippen molar-refractivity contribution in [2.45, 2.75) is 62.2 Å². The van der Waals surface area contributed by atoms with Gasteiger partial charge in [-0.1, -0.05) is 31.1 Å². The van der Waals surface area contributed by atoms with E-state index in [2.05, 4.69) is 47.4 Å². The Morgan fingerprint density at radius 3 is 2.93 bits per heavy atom. The Balaban J connectivity index is 1.40. The summed E-state index contributed by atoms with van der Waals surface area (Å²) in [5.41, 5.74) is 4.58. The first kappa shape index (κ1) is 21.0. The number of allylic oxidation sites excluding steroid dienone is 3. The van der Waals surface area contributed by atoms with Crippen LogP contribution in [0.3, 0.4) is 0 Å². The zero-order valence-electron chi connectivity index (χ0n) is 17.2. The van der Waals surface area contributed by atoms with Crippen molar-refractivity contribution in [3.8, 4) is 0 Å². The second-order valence-electron chi connectivity index (χ2n) is 8.29. The number of hydrogen-bond acceptors (Lipinski definition) is 4. The Morgan fingerprint density at radius 1 is 1.20 bits per heavy atom. The Labute approximate surface area is 182 Å². The van der Waals surface area contributed by atoms with Crippen LogP contribution >= 0.6 is 11.8 Å². The fraction of sp³-hybridized carbons (Fsp3) is 0.440. The predicted molar refractivity (Wildman–Crippen MR) is 123 cm³/mol. The van der Waals surface area contributed by atoms with E-state index in [0.29, 0.717) is 17.2 Å². The number of rotatable bonds is 9. The molecule has 1 saturated carbocycles. The molecule has 3 aliphatic rings. The molecular weight excluding hydrogens is 394 g/mol. The maximum Gasteiger partial charge on any atom is 0.303 e. The van der Waals surface area contributed by atoms with Gasteiger partial charge >= 0.3 is 5.97 Å². The lowest BCUT2D eigenvalue weighted by molar-refractivity contribution is -0.137. The number of carboxylic acids is 1. The molecule has 1 N–H and O–H groups in total. The number of aliphatic carboxylic acids is 1. The van der Waals surface area contributed by atoms with Crippen molar-refractivity contribution in [2.75, 3.05) is 10.7 Å². The van der Waals surface area contributed by atoms with Crippen LogP contribution in [-0.2, 0) is 4.79 Å². The largest absolute Gasteiger partial charge is 0.481 e. The first-order chi connectivity index (χ1) is 14.7.